The molecule has 1 atom stereocenters. The standard InChI is InChI=1S/C11H20N2O/c1-2-5-9(8-12)11(14)13-10-6-3-4-7-10/h3-4,9-10H,2,5-8,12H2,1H3,(H,13,14). The summed E-state index contributed by atoms with van der Waals surface area (Å²) >= 11 is 0. The summed E-state index contributed by atoms with van der Waals surface area (Å²) in [5.74, 6) is 0.128. The number of carbonyl (C=O) groups excluding carboxylic acids is 1. The van der Waals surface area contributed by atoms with E-state index in [1.54, 1.807) is 0 Å². The van der Waals surface area contributed by atoms with Crippen LogP contribution in [-0.4, -0.2) is 18.5 Å². The minimum Gasteiger partial charge on any atom is -0.352 e. The van der Waals surface area contributed by atoms with Crippen molar-refractivity contribution >= 4 is 5.91 Å². The van der Waals surface area contributed by atoms with Crippen molar-refractivity contribution in [1.82, 2.24) is 5.32 Å². The molecule has 0 aliphatic heterocycles. The molecule has 1 aliphatic rings. The Kier molecular flexibility index (Phi) is 4.66. The summed E-state index contributed by atoms with van der Waals surface area (Å²) in [6, 6.07) is 0.313. The van der Waals surface area contributed by atoms with E-state index >= 15 is 0 Å². The second-order valence-corrected chi connectivity index (χ2v) is 3.87. The molecule has 0 saturated carbocycles. The number of nitrogens with two attached hydrogens (primary N) is 1. The lowest BCUT2D eigenvalue weighted by molar-refractivity contribution is -0.125. The smallest absolute Gasteiger partial charge is 0.224 e. The maximum absolute atomic E-state index is 11.7. The Labute approximate surface area is 85.7 Å². The summed E-state index contributed by atoms with van der Waals surface area (Å²) in [4.78, 5) is 11.7. The fourth-order valence-electron chi connectivity index (χ4n) is 1.76. The van der Waals surface area contributed by atoms with Crippen LogP contribution in [0.1, 0.15) is 32.6 Å². The number of hydrogen-bond acceptors (Lipinski definition) is 2. The van der Waals surface area contributed by atoms with Crippen LogP contribution < -0.4 is 11.1 Å². The van der Waals surface area contributed by atoms with Crippen LogP contribution in [0.5, 0.6) is 0 Å². The highest BCUT2D eigenvalue weighted by atomic mass is 16.1. The van der Waals surface area contributed by atoms with Crippen molar-refractivity contribution in [2.75, 3.05) is 6.54 Å². The molecule has 0 bridgehead atoms. The second-order valence-electron chi connectivity index (χ2n) is 3.87. The SMILES string of the molecule is CCCC(CN)C(=O)NC1CC=CC1. The van der Waals surface area contributed by atoms with Crippen LogP contribution in [0.3, 0.4) is 0 Å². The highest BCUT2D eigenvalue weighted by molar-refractivity contribution is 5.79. The highest BCUT2D eigenvalue weighted by Crippen LogP contribution is 2.11. The molecule has 0 aromatic heterocycles. The van der Waals surface area contributed by atoms with Gasteiger partial charge in [0.1, 0.15) is 0 Å². The molecule has 1 rings (SSSR count). The van der Waals surface area contributed by atoms with Gasteiger partial charge in [0.15, 0.2) is 0 Å². The van der Waals surface area contributed by atoms with Crippen LogP contribution in [-0.2, 0) is 4.79 Å². The summed E-state index contributed by atoms with van der Waals surface area (Å²) in [6.07, 6.45) is 8.06. The van der Waals surface area contributed by atoms with Gasteiger partial charge >= 0.3 is 0 Å². The minimum atomic E-state index is 0.000556. The highest BCUT2D eigenvalue weighted by Gasteiger charge is 2.19. The van der Waals surface area contributed by atoms with E-state index in [2.05, 4.69) is 24.4 Å². The van der Waals surface area contributed by atoms with Crippen molar-refractivity contribution in [3.05, 3.63) is 12.2 Å². The maximum Gasteiger partial charge on any atom is 0.224 e. The van der Waals surface area contributed by atoms with Crippen LogP contribution in [0.2, 0.25) is 0 Å². The van der Waals surface area contributed by atoms with Gasteiger partial charge in [0.05, 0.1) is 5.92 Å². The molecular weight excluding hydrogens is 176 g/mol. The predicted octanol–water partition coefficient (Wildman–Crippen LogP) is 1.20. The van der Waals surface area contributed by atoms with Gasteiger partial charge < -0.3 is 11.1 Å². The Morgan fingerprint density at radius 3 is 2.71 bits per heavy atom. The Morgan fingerprint density at radius 1 is 1.57 bits per heavy atom. The first-order chi connectivity index (χ1) is 6.77. The number of amides is 1. The zero-order chi connectivity index (χ0) is 10.4. The maximum atomic E-state index is 11.7. The third-order valence-corrected chi connectivity index (χ3v) is 2.65. The molecule has 3 heteroatoms. The largest absolute Gasteiger partial charge is 0.352 e. The van der Waals surface area contributed by atoms with E-state index < -0.39 is 0 Å². The number of rotatable bonds is 5. The van der Waals surface area contributed by atoms with Crippen molar-refractivity contribution in [3.63, 3.8) is 0 Å². The fraction of sp³-hybridized carbons (Fsp3) is 0.727. The third kappa shape index (κ3) is 3.14. The molecule has 0 radical (unpaired) electrons. The molecule has 80 valence electrons. The van der Waals surface area contributed by atoms with Gasteiger partial charge in [0.25, 0.3) is 0 Å². The van der Waals surface area contributed by atoms with E-state index in [1.807, 2.05) is 0 Å². The van der Waals surface area contributed by atoms with E-state index in [1.165, 1.54) is 0 Å². The first kappa shape index (κ1) is 11.2. The lowest BCUT2D eigenvalue weighted by atomic mass is 10.0. The molecule has 0 heterocycles. The summed E-state index contributed by atoms with van der Waals surface area (Å²) in [5.41, 5.74) is 5.56. The van der Waals surface area contributed by atoms with Crippen LogP contribution in [0.4, 0.5) is 0 Å². The number of nitrogens with one attached hydrogen (secondary N) is 1. The quantitative estimate of drug-likeness (QED) is 0.649. The zero-order valence-electron chi connectivity index (χ0n) is 8.83. The summed E-state index contributed by atoms with van der Waals surface area (Å²) in [6.45, 7) is 2.53. The Hall–Kier alpha value is -0.830. The van der Waals surface area contributed by atoms with E-state index in [9.17, 15) is 4.79 Å². The van der Waals surface area contributed by atoms with E-state index in [4.69, 9.17) is 5.73 Å². The molecule has 0 fully saturated rings. The lowest BCUT2D eigenvalue weighted by Gasteiger charge is -2.17. The first-order valence-electron chi connectivity index (χ1n) is 5.43. The van der Waals surface area contributed by atoms with Crippen molar-refractivity contribution in [2.24, 2.45) is 11.7 Å². The summed E-state index contributed by atoms with van der Waals surface area (Å²) in [5, 5.41) is 3.03. The molecule has 0 saturated heterocycles. The number of hydrogen-bond donors (Lipinski definition) is 2. The summed E-state index contributed by atoms with van der Waals surface area (Å²) < 4.78 is 0. The van der Waals surface area contributed by atoms with Crippen molar-refractivity contribution in [2.45, 2.75) is 38.6 Å². The van der Waals surface area contributed by atoms with Gasteiger partial charge in [-0.15, -0.1) is 0 Å². The number of carbonyl (C=O) groups is 1. The first-order valence-corrected chi connectivity index (χ1v) is 5.43. The van der Waals surface area contributed by atoms with Crippen LogP contribution >= 0.6 is 0 Å². The molecule has 1 unspecified atom stereocenters. The van der Waals surface area contributed by atoms with Crippen LogP contribution in [0, 0.1) is 5.92 Å². The third-order valence-electron chi connectivity index (χ3n) is 2.65. The van der Waals surface area contributed by atoms with E-state index in [0.29, 0.717) is 12.6 Å². The van der Waals surface area contributed by atoms with Gasteiger partial charge in [-0.05, 0) is 19.3 Å². The molecule has 0 aromatic rings. The topological polar surface area (TPSA) is 55.1 Å². The van der Waals surface area contributed by atoms with Crippen molar-refractivity contribution in [3.8, 4) is 0 Å². The fourth-order valence-corrected chi connectivity index (χ4v) is 1.76. The Morgan fingerprint density at radius 2 is 2.21 bits per heavy atom. The minimum absolute atomic E-state index is 0.000556. The Bertz CT molecular complexity index is 205. The molecule has 0 spiro atoms. The average molecular weight is 196 g/mol. The second kappa shape index (κ2) is 5.81. The predicted molar refractivity (Wildman–Crippen MR) is 57.8 cm³/mol. The van der Waals surface area contributed by atoms with Gasteiger partial charge in [-0.1, -0.05) is 25.5 Å². The molecular formula is C11H20N2O. The summed E-state index contributed by atoms with van der Waals surface area (Å²) in [7, 11) is 0. The van der Waals surface area contributed by atoms with Crippen molar-refractivity contribution in [1.29, 1.82) is 0 Å². The lowest BCUT2D eigenvalue weighted by Crippen LogP contribution is -2.40. The van der Waals surface area contributed by atoms with Crippen LogP contribution in [0.15, 0.2) is 12.2 Å². The molecule has 1 aliphatic carbocycles. The molecule has 3 N–H and O–H groups in total. The van der Waals surface area contributed by atoms with Gasteiger partial charge in [0, 0.05) is 12.6 Å². The van der Waals surface area contributed by atoms with Gasteiger partial charge in [-0.2, -0.15) is 0 Å². The molecule has 3 nitrogen and oxygen atoms in total. The average Bonchev–Trinajstić information content (AvgIpc) is 2.66. The normalized spacial score (nSPS) is 18.4. The van der Waals surface area contributed by atoms with Gasteiger partial charge in [-0.25, -0.2) is 0 Å². The van der Waals surface area contributed by atoms with Crippen LogP contribution in [0.25, 0.3) is 0 Å². The van der Waals surface area contributed by atoms with E-state index in [0.717, 1.165) is 25.7 Å². The molecule has 1 amide bonds. The van der Waals surface area contributed by atoms with Gasteiger partial charge in [0.2, 0.25) is 5.91 Å². The van der Waals surface area contributed by atoms with E-state index in [-0.39, 0.29) is 11.8 Å². The van der Waals surface area contributed by atoms with Crippen molar-refractivity contribution < 1.29 is 4.79 Å². The molecule has 0 aromatic carbocycles. The Balaban J connectivity index is 2.31. The molecule has 14 heavy (non-hydrogen) atoms. The monoisotopic (exact) mass is 196 g/mol. The van der Waals surface area contributed by atoms with Gasteiger partial charge in [-0.3, -0.25) is 4.79 Å². The zero-order valence-corrected chi connectivity index (χ0v) is 8.83.